The lowest BCUT2D eigenvalue weighted by molar-refractivity contribution is 0.0848. The molecular formula is C13H17IO. The number of hydrogen-bond acceptors (Lipinski definition) is 1. The molecule has 0 heterocycles. The zero-order chi connectivity index (χ0) is 10.7. The van der Waals surface area contributed by atoms with Gasteiger partial charge in [0, 0.05) is 3.57 Å². The number of aliphatic hydroxyl groups is 1. The van der Waals surface area contributed by atoms with E-state index in [1.165, 1.54) is 35.7 Å². The zero-order valence-corrected chi connectivity index (χ0v) is 11.0. The number of aliphatic hydroxyl groups excluding tert-OH is 1. The highest BCUT2D eigenvalue weighted by Crippen LogP contribution is 2.34. The minimum absolute atomic E-state index is 0.248. The summed E-state index contributed by atoms with van der Waals surface area (Å²) in [7, 11) is 0. The van der Waals surface area contributed by atoms with Gasteiger partial charge < -0.3 is 5.11 Å². The van der Waals surface area contributed by atoms with E-state index in [1.807, 2.05) is 0 Å². The van der Waals surface area contributed by atoms with Crippen molar-refractivity contribution in [2.24, 2.45) is 5.92 Å². The molecule has 0 aliphatic heterocycles. The summed E-state index contributed by atoms with van der Waals surface area (Å²) < 4.78 is 1.23. The molecule has 2 heteroatoms. The van der Waals surface area contributed by atoms with Gasteiger partial charge in [0.25, 0.3) is 0 Å². The molecule has 0 saturated heterocycles. The van der Waals surface area contributed by atoms with Crippen LogP contribution in [0.2, 0.25) is 0 Å². The highest BCUT2D eigenvalue weighted by molar-refractivity contribution is 14.1. The third-order valence-electron chi connectivity index (χ3n) is 3.31. The molecule has 1 saturated carbocycles. The summed E-state index contributed by atoms with van der Waals surface area (Å²) in [5, 5.41) is 10.2. The van der Waals surface area contributed by atoms with Gasteiger partial charge in [0.1, 0.15) is 0 Å². The first-order valence-electron chi connectivity index (χ1n) is 5.71. The summed E-state index contributed by atoms with van der Waals surface area (Å²) in [6, 6.07) is 8.26. The van der Waals surface area contributed by atoms with E-state index in [9.17, 15) is 5.11 Å². The average molecular weight is 316 g/mol. The normalized spacial score (nSPS) is 20.1. The molecule has 2 rings (SSSR count). The van der Waals surface area contributed by atoms with Crippen LogP contribution >= 0.6 is 22.6 Å². The van der Waals surface area contributed by atoms with Crippen molar-refractivity contribution >= 4 is 22.6 Å². The van der Waals surface area contributed by atoms with Gasteiger partial charge >= 0.3 is 0 Å². The Balaban J connectivity index is 2.05. The van der Waals surface area contributed by atoms with Gasteiger partial charge in [0.2, 0.25) is 0 Å². The van der Waals surface area contributed by atoms with Crippen LogP contribution in [0.4, 0.5) is 0 Å². The van der Waals surface area contributed by atoms with Gasteiger partial charge in [-0.25, -0.2) is 0 Å². The molecule has 1 unspecified atom stereocenters. The van der Waals surface area contributed by atoms with Crippen LogP contribution in [0.25, 0.3) is 0 Å². The van der Waals surface area contributed by atoms with E-state index >= 15 is 0 Å². The molecule has 82 valence electrons. The summed E-state index contributed by atoms with van der Waals surface area (Å²) in [5.74, 6) is 0.485. The number of rotatable bonds is 2. The maximum atomic E-state index is 10.2. The Hall–Kier alpha value is -0.0900. The Morgan fingerprint density at radius 1 is 1.07 bits per heavy atom. The maximum Gasteiger partial charge on any atom is 0.0818 e. The van der Waals surface area contributed by atoms with E-state index in [1.54, 1.807) is 0 Å². The molecule has 0 radical (unpaired) electrons. The lowest BCUT2D eigenvalue weighted by Gasteiger charge is -2.26. The predicted octanol–water partition coefficient (Wildman–Crippen LogP) is 3.90. The smallest absolute Gasteiger partial charge is 0.0818 e. The standard InChI is InChI=1S/C13H17IO/c14-12-8-6-11(7-9-12)13(15)10-4-2-1-3-5-10/h6-10,13,15H,1-5H2. The van der Waals surface area contributed by atoms with Gasteiger partial charge in [-0.1, -0.05) is 31.4 Å². The number of benzene rings is 1. The van der Waals surface area contributed by atoms with Crippen LogP contribution in [0, 0.1) is 9.49 Å². The summed E-state index contributed by atoms with van der Waals surface area (Å²) in [4.78, 5) is 0. The van der Waals surface area contributed by atoms with Crippen LogP contribution in [0.3, 0.4) is 0 Å². The first-order chi connectivity index (χ1) is 7.27. The largest absolute Gasteiger partial charge is 0.388 e. The van der Waals surface area contributed by atoms with Gasteiger partial charge in [0.05, 0.1) is 6.10 Å². The Morgan fingerprint density at radius 2 is 1.67 bits per heavy atom. The predicted molar refractivity (Wildman–Crippen MR) is 70.7 cm³/mol. The van der Waals surface area contributed by atoms with E-state index in [2.05, 4.69) is 46.9 Å². The second-order valence-corrected chi connectivity index (χ2v) is 5.64. The van der Waals surface area contributed by atoms with Crippen LogP contribution < -0.4 is 0 Å². The first kappa shape index (κ1) is 11.4. The second-order valence-electron chi connectivity index (χ2n) is 4.39. The average Bonchev–Trinajstić information content (AvgIpc) is 2.30. The molecule has 1 aromatic carbocycles. The number of halogens is 1. The van der Waals surface area contributed by atoms with Gasteiger partial charge in [-0.05, 0) is 59.0 Å². The summed E-state index contributed by atoms with van der Waals surface area (Å²) >= 11 is 2.29. The number of hydrogen-bond donors (Lipinski definition) is 1. The van der Waals surface area contributed by atoms with Crippen molar-refractivity contribution in [2.45, 2.75) is 38.2 Å². The molecule has 0 amide bonds. The quantitative estimate of drug-likeness (QED) is 0.820. The van der Waals surface area contributed by atoms with E-state index in [0.29, 0.717) is 5.92 Å². The van der Waals surface area contributed by atoms with Crippen molar-refractivity contribution in [3.05, 3.63) is 33.4 Å². The summed E-state index contributed by atoms with van der Waals surface area (Å²) in [5.41, 5.74) is 1.09. The zero-order valence-electron chi connectivity index (χ0n) is 8.82. The topological polar surface area (TPSA) is 20.2 Å². The van der Waals surface area contributed by atoms with E-state index < -0.39 is 0 Å². The van der Waals surface area contributed by atoms with Crippen molar-refractivity contribution in [2.75, 3.05) is 0 Å². The molecule has 1 nitrogen and oxygen atoms in total. The van der Waals surface area contributed by atoms with E-state index in [-0.39, 0.29) is 6.10 Å². The Kier molecular flexibility index (Phi) is 4.03. The van der Waals surface area contributed by atoms with Gasteiger partial charge in [-0.2, -0.15) is 0 Å². The van der Waals surface area contributed by atoms with Crippen molar-refractivity contribution < 1.29 is 5.11 Å². The molecule has 15 heavy (non-hydrogen) atoms. The summed E-state index contributed by atoms with van der Waals surface area (Å²) in [6.45, 7) is 0. The highest BCUT2D eigenvalue weighted by Gasteiger charge is 2.22. The molecule has 1 aromatic rings. The maximum absolute atomic E-state index is 10.2. The van der Waals surface area contributed by atoms with Crippen molar-refractivity contribution in [1.29, 1.82) is 0 Å². The first-order valence-corrected chi connectivity index (χ1v) is 6.79. The molecule has 1 fully saturated rings. The van der Waals surface area contributed by atoms with Crippen LogP contribution in [-0.4, -0.2) is 5.11 Å². The van der Waals surface area contributed by atoms with Gasteiger partial charge in [-0.3, -0.25) is 0 Å². The Bertz CT molecular complexity index is 301. The molecular weight excluding hydrogens is 299 g/mol. The molecule has 1 aliphatic rings. The molecule has 1 N–H and O–H groups in total. The van der Waals surface area contributed by atoms with Crippen molar-refractivity contribution in [3.8, 4) is 0 Å². The molecule has 0 spiro atoms. The van der Waals surface area contributed by atoms with Crippen molar-refractivity contribution in [3.63, 3.8) is 0 Å². The highest BCUT2D eigenvalue weighted by atomic mass is 127. The molecule has 1 atom stereocenters. The second kappa shape index (κ2) is 5.30. The van der Waals surface area contributed by atoms with Crippen LogP contribution in [0.1, 0.15) is 43.8 Å². The fourth-order valence-electron chi connectivity index (χ4n) is 2.38. The van der Waals surface area contributed by atoms with E-state index in [0.717, 1.165) is 5.56 Å². The molecule has 0 bridgehead atoms. The third-order valence-corrected chi connectivity index (χ3v) is 4.03. The third kappa shape index (κ3) is 2.94. The Labute approximate surface area is 105 Å². The molecule has 0 aromatic heterocycles. The minimum atomic E-state index is -0.248. The van der Waals surface area contributed by atoms with Gasteiger partial charge in [-0.15, -0.1) is 0 Å². The van der Waals surface area contributed by atoms with Crippen LogP contribution in [0.5, 0.6) is 0 Å². The Morgan fingerprint density at radius 3 is 2.27 bits per heavy atom. The monoisotopic (exact) mass is 316 g/mol. The lowest BCUT2D eigenvalue weighted by Crippen LogP contribution is -2.15. The van der Waals surface area contributed by atoms with E-state index in [4.69, 9.17) is 0 Å². The SMILES string of the molecule is OC(c1ccc(I)cc1)C1CCCCC1. The van der Waals surface area contributed by atoms with Crippen LogP contribution in [0.15, 0.2) is 24.3 Å². The molecule has 1 aliphatic carbocycles. The van der Waals surface area contributed by atoms with Crippen LogP contribution in [-0.2, 0) is 0 Å². The fraction of sp³-hybridized carbons (Fsp3) is 0.538. The van der Waals surface area contributed by atoms with Crippen molar-refractivity contribution in [1.82, 2.24) is 0 Å². The fourth-order valence-corrected chi connectivity index (χ4v) is 2.74. The summed E-state index contributed by atoms with van der Waals surface area (Å²) in [6.07, 6.45) is 6.04. The minimum Gasteiger partial charge on any atom is -0.388 e. The lowest BCUT2D eigenvalue weighted by atomic mass is 9.83. The van der Waals surface area contributed by atoms with Gasteiger partial charge in [0.15, 0.2) is 0 Å².